The molecule has 0 saturated heterocycles. The van der Waals surface area contributed by atoms with Crippen molar-refractivity contribution >= 4 is 51.4 Å². The zero-order valence-corrected chi connectivity index (χ0v) is 12.7. The standard InChI is InChI=1S/C14H11ClN4OS/c1-2-11-18-19-12(16)10(13(20)17-14(19)21-11)7-8-3-5-9(15)6-4-8/h3-7,16H,2H2,1H3. The third-order valence-corrected chi connectivity index (χ3v) is 4.28. The summed E-state index contributed by atoms with van der Waals surface area (Å²) < 4.78 is 0. The van der Waals surface area contributed by atoms with Crippen molar-refractivity contribution in [1.29, 1.82) is 5.41 Å². The van der Waals surface area contributed by atoms with E-state index in [1.54, 1.807) is 30.3 Å². The molecular weight excluding hydrogens is 308 g/mol. The van der Waals surface area contributed by atoms with Crippen LogP contribution in [0, 0.1) is 5.41 Å². The summed E-state index contributed by atoms with van der Waals surface area (Å²) in [5.74, 6) is -0.364. The van der Waals surface area contributed by atoms with Crippen LogP contribution in [0.2, 0.25) is 5.02 Å². The lowest BCUT2D eigenvalue weighted by Gasteiger charge is -2.20. The van der Waals surface area contributed by atoms with Crippen LogP contribution in [-0.4, -0.2) is 27.0 Å². The van der Waals surface area contributed by atoms with Gasteiger partial charge in [-0.1, -0.05) is 30.7 Å². The Kier molecular flexibility index (Phi) is 3.65. The Bertz CT molecular complexity index is 721. The van der Waals surface area contributed by atoms with Gasteiger partial charge in [0.15, 0.2) is 5.84 Å². The highest BCUT2D eigenvalue weighted by atomic mass is 35.5. The molecule has 1 aromatic carbocycles. The maximum atomic E-state index is 12.1. The van der Waals surface area contributed by atoms with E-state index in [2.05, 4.69) is 10.1 Å². The zero-order chi connectivity index (χ0) is 15.0. The molecule has 106 valence electrons. The molecule has 0 fully saturated rings. The monoisotopic (exact) mass is 318 g/mol. The van der Waals surface area contributed by atoms with Crippen LogP contribution in [0.1, 0.15) is 18.9 Å². The Labute approximate surface area is 130 Å². The van der Waals surface area contributed by atoms with Crippen LogP contribution >= 0.6 is 23.4 Å². The Morgan fingerprint density at radius 2 is 2.10 bits per heavy atom. The van der Waals surface area contributed by atoms with Crippen LogP contribution in [0.15, 0.2) is 39.9 Å². The van der Waals surface area contributed by atoms with Gasteiger partial charge in [0.1, 0.15) is 5.04 Å². The fourth-order valence-corrected chi connectivity index (χ4v) is 2.85. The number of nitrogens with zero attached hydrogens (tertiary/aromatic N) is 3. The number of carbonyl (C=O) groups is 1. The first-order valence-corrected chi connectivity index (χ1v) is 7.52. The SMILES string of the molecule is CCC1=NN2C(=N)C(=Cc3ccc(Cl)cc3)C(=O)N=C2S1. The van der Waals surface area contributed by atoms with E-state index < -0.39 is 5.91 Å². The first kappa shape index (κ1) is 14.0. The van der Waals surface area contributed by atoms with Crippen molar-refractivity contribution < 1.29 is 4.79 Å². The third kappa shape index (κ3) is 2.64. The van der Waals surface area contributed by atoms with E-state index in [0.717, 1.165) is 17.0 Å². The maximum Gasteiger partial charge on any atom is 0.283 e. The van der Waals surface area contributed by atoms with Gasteiger partial charge in [0.05, 0.1) is 5.57 Å². The lowest BCUT2D eigenvalue weighted by Crippen LogP contribution is -2.35. The normalized spacial score (nSPS) is 19.7. The average molecular weight is 319 g/mol. The molecule has 2 aliphatic heterocycles. The van der Waals surface area contributed by atoms with Gasteiger partial charge in [-0.3, -0.25) is 10.2 Å². The molecule has 21 heavy (non-hydrogen) atoms. The minimum atomic E-state index is -0.416. The van der Waals surface area contributed by atoms with E-state index in [4.69, 9.17) is 17.0 Å². The zero-order valence-electron chi connectivity index (χ0n) is 11.1. The Morgan fingerprint density at radius 1 is 1.38 bits per heavy atom. The molecule has 2 heterocycles. The summed E-state index contributed by atoms with van der Waals surface area (Å²) in [6.45, 7) is 1.97. The van der Waals surface area contributed by atoms with Gasteiger partial charge in [0.2, 0.25) is 5.17 Å². The van der Waals surface area contributed by atoms with Crippen molar-refractivity contribution in [3.8, 4) is 0 Å². The van der Waals surface area contributed by atoms with Gasteiger partial charge in [0, 0.05) is 5.02 Å². The van der Waals surface area contributed by atoms with Crippen LogP contribution in [0.4, 0.5) is 0 Å². The number of carbonyl (C=O) groups excluding carboxylic acids is 1. The molecular formula is C14H11ClN4OS. The van der Waals surface area contributed by atoms with E-state index in [-0.39, 0.29) is 11.4 Å². The first-order valence-electron chi connectivity index (χ1n) is 6.33. The number of benzene rings is 1. The fraction of sp³-hybridized carbons (Fsp3) is 0.143. The van der Waals surface area contributed by atoms with Crippen molar-refractivity contribution in [2.45, 2.75) is 13.3 Å². The van der Waals surface area contributed by atoms with Crippen molar-refractivity contribution in [2.24, 2.45) is 10.1 Å². The molecule has 0 bridgehead atoms. The second-order valence-electron chi connectivity index (χ2n) is 4.42. The van der Waals surface area contributed by atoms with Gasteiger partial charge >= 0.3 is 0 Å². The van der Waals surface area contributed by atoms with E-state index in [1.165, 1.54) is 16.8 Å². The molecule has 0 atom stereocenters. The third-order valence-electron chi connectivity index (χ3n) is 2.98. The number of hydrogen-bond donors (Lipinski definition) is 1. The number of aliphatic imine (C=N–C) groups is 1. The number of amidine groups is 2. The molecule has 0 saturated carbocycles. The van der Waals surface area contributed by atoms with Gasteiger partial charge in [-0.25, -0.2) is 0 Å². The van der Waals surface area contributed by atoms with E-state index >= 15 is 0 Å². The van der Waals surface area contributed by atoms with Crippen LogP contribution in [0.25, 0.3) is 6.08 Å². The summed E-state index contributed by atoms with van der Waals surface area (Å²) in [6, 6.07) is 7.04. The van der Waals surface area contributed by atoms with Gasteiger partial charge in [-0.2, -0.15) is 15.1 Å². The Balaban J connectivity index is 1.97. The summed E-state index contributed by atoms with van der Waals surface area (Å²) in [5.41, 5.74) is 1.01. The van der Waals surface area contributed by atoms with Crippen molar-refractivity contribution in [2.75, 3.05) is 0 Å². The van der Waals surface area contributed by atoms with Gasteiger partial charge < -0.3 is 0 Å². The topological polar surface area (TPSA) is 68.9 Å². The molecule has 0 aliphatic carbocycles. The minimum absolute atomic E-state index is 0.0518. The minimum Gasteiger partial charge on any atom is -0.282 e. The van der Waals surface area contributed by atoms with Crippen molar-refractivity contribution in [3.05, 3.63) is 40.4 Å². The largest absolute Gasteiger partial charge is 0.283 e. The van der Waals surface area contributed by atoms with E-state index in [1.807, 2.05) is 6.92 Å². The number of halogens is 1. The molecule has 0 unspecified atom stereocenters. The summed E-state index contributed by atoms with van der Waals surface area (Å²) in [4.78, 5) is 16.1. The van der Waals surface area contributed by atoms with Gasteiger partial charge in [-0.15, -0.1) is 0 Å². The highest BCUT2D eigenvalue weighted by Crippen LogP contribution is 2.29. The predicted octanol–water partition coefficient (Wildman–Crippen LogP) is 3.37. The number of rotatable bonds is 2. The smallest absolute Gasteiger partial charge is 0.282 e. The van der Waals surface area contributed by atoms with Crippen LogP contribution < -0.4 is 0 Å². The molecule has 1 N–H and O–H groups in total. The maximum absolute atomic E-state index is 12.1. The molecule has 5 nitrogen and oxygen atoms in total. The molecule has 7 heteroatoms. The number of fused-ring (bicyclic) bond motifs is 1. The summed E-state index contributed by atoms with van der Waals surface area (Å²) in [7, 11) is 0. The molecule has 1 aromatic rings. The lowest BCUT2D eigenvalue weighted by molar-refractivity contribution is -0.114. The molecule has 1 amide bonds. The van der Waals surface area contributed by atoms with Gasteiger partial charge in [-0.05, 0) is 42.0 Å². The van der Waals surface area contributed by atoms with Crippen molar-refractivity contribution in [1.82, 2.24) is 5.01 Å². The second kappa shape index (κ2) is 5.46. The molecule has 0 spiro atoms. The quantitative estimate of drug-likeness (QED) is 0.850. The van der Waals surface area contributed by atoms with E-state index in [9.17, 15) is 4.79 Å². The van der Waals surface area contributed by atoms with Crippen LogP contribution in [-0.2, 0) is 4.79 Å². The Morgan fingerprint density at radius 3 is 2.76 bits per heavy atom. The van der Waals surface area contributed by atoms with Crippen LogP contribution in [0.5, 0.6) is 0 Å². The molecule has 3 rings (SSSR count). The average Bonchev–Trinajstić information content (AvgIpc) is 2.88. The molecule has 2 aliphatic rings. The number of hydrogen-bond acceptors (Lipinski definition) is 4. The summed E-state index contributed by atoms with van der Waals surface area (Å²) in [6.07, 6.45) is 2.38. The van der Waals surface area contributed by atoms with E-state index in [0.29, 0.717) is 10.2 Å². The first-order chi connectivity index (χ1) is 10.1. The highest BCUT2D eigenvalue weighted by molar-refractivity contribution is 8.26. The number of amides is 1. The Hall–Kier alpha value is -1.92. The fourth-order valence-electron chi connectivity index (χ4n) is 1.90. The molecule has 0 aromatic heterocycles. The van der Waals surface area contributed by atoms with Gasteiger partial charge in [0.25, 0.3) is 5.91 Å². The lowest BCUT2D eigenvalue weighted by atomic mass is 10.1. The number of nitrogens with one attached hydrogen (secondary N) is 1. The van der Waals surface area contributed by atoms with Crippen molar-refractivity contribution in [3.63, 3.8) is 0 Å². The molecule has 0 radical (unpaired) electrons. The summed E-state index contributed by atoms with van der Waals surface area (Å²) >= 11 is 7.17. The van der Waals surface area contributed by atoms with Crippen LogP contribution in [0.3, 0.4) is 0 Å². The second-order valence-corrected chi connectivity index (χ2v) is 5.90. The highest BCUT2D eigenvalue weighted by Gasteiger charge is 2.34. The predicted molar refractivity (Wildman–Crippen MR) is 86.8 cm³/mol. The number of thioether (sulfide) groups is 1. The summed E-state index contributed by atoms with van der Waals surface area (Å²) in [5, 5.41) is 15.8. The number of hydrazone groups is 1.